The lowest BCUT2D eigenvalue weighted by atomic mass is 10.0. The molecule has 2 aliphatic rings. The molecule has 2 fully saturated rings. The number of hydrogen-bond donors (Lipinski definition) is 1. The van der Waals surface area contributed by atoms with Gasteiger partial charge in [0.25, 0.3) is 5.91 Å². The molecule has 0 unspecified atom stereocenters. The first kappa shape index (κ1) is 20.8. The van der Waals surface area contributed by atoms with Gasteiger partial charge in [-0.05, 0) is 26.2 Å². The second-order valence-corrected chi connectivity index (χ2v) is 8.41. The molecule has 1 aliphatic heterocycles. The third-order valence-electron chi connectivity index (χ3n) is 5.80. The molecule has 1 aromatic rings. The van der Waals surface area contributed by atoms with Crippen molar-refractivity contribution < 1.29 is 9.59 Å². The lowest BCUT2D eigenvalue weighted by Crippen LogP contribution is -2.49. The molecular formula is C20H34N6O2. The van der Waals surface area contributed by atoms with Gasteiger partial charge >= 0.3 is 0 Å². The van der Waals surface area contributed by atoms with Crippen LogP contribution in [-0.2, 0) is 11.3 Å². The number of rotatable bonds is 8. The smallest absolute Gasteiger partial charge is 0.273 e. The molecule has 0 atom stereocenters. The Labute approximate surface area is 167 Å². The fraction of sp³-hybridized carbons (Fsp3) is 0.800. The zero-order valence-electron chi connectivity index (χ0n) is 17.3. The van der Waals surface area contributed by atoms with E-state index in [1.54, 1.807) is 10.9 Å². The van der Waals surface area contributed by atoms with E-state index in [1.807, 2.05) is 18.7 Å². The zero-order chi connectivity index (χ0) is 19.9. The lowest BCUT2D eigenvalue weighted by Gasteiger charge is -2.34. The van der Waals surface area contributed by atoms with Crippen LogP contribution in [0.15, 0.2) is 6.20 Å². The molecule has 3 rings (SSSR count). The Morgan fingerprint density at radius 3 is 2.54 bits per heavy atom. The maximum atomic E-state index is 12.4. The summed E-state index contributed by atoms with van der Waals surface area (Å²) in [5.74, 6) is 0.912. The Bertz CT molecular complexity index is 645. The third kappa shape index (κ3) is 6.02. The average Bonchev–Trinajstić information content (AvgIpc) is 3.36. The van der Waals surface area contributed by atoms with Crippen molar-refractivity contribution in [3.63, 3.8) is 0 Å². The van der Waals surface area contributed by atoms with Crippen molar-refractivity contribution in [3.8, 4) is 0 Å². The third-order valence-corrected chi connectivity index (χ3v) is 5.80. The number of piperazine rings is 1. The van der Waals surface area contributed by atoms with Crippen LogP contribution in [0.3, 0.4) is 0 Å². The van der Waals surface area contributed by atoms with E-state index < -0.39 is 0 Å². The highest BCUT2D eigenvalue weighted by Crippen LogP contribution is 2.28. The lowest BCUT2D eigenvalue weighted by molar-refractivity contribution is -0.133. The Morgan fingerprint density at radius 2 is 1.86 bits per heavy atom. The van der Waals surface area contributed by atoms with Crippen LogP contribution in [0.5, 0.6) is 0 Å². The van der Waals surface area contributed by atoms with Crippen molar-refractivity contribution in [1.82, 2.24) is 30.1 Å². The average molecular weight is 391 g/mol. The number of hydrogen-bond acceptors (Lipinski definition) is 5. The van der Waals surface area contributed by atoms with E-state index >= 15 is 0 Å². The SMILES string of the molecule is CC(C)NC(=O)c1cn(CCN2CCN(C(=O)CCC3CCCC3)CC2)nn1. The van der Waals surface area contributed by atoms with Crippen molar-refractivity contribution in [2.24, 2.45) is 5.92 Å². The molecule has 28 heavy (non-hydrogen) atoms. The molecule has 2 heterocycles. The predicted molar refractivity (Wildman–Crippen MR) is 107 cm³/mol. The second-order valence-electron chi connectivity index (χ2n) is 8.41. The van der Waals surface area contributed by atoms with Gasteiger partial charge in [-0.15, -0.1) is 5.10 Å². The number of amides is 2. The normalized spacial score (nSPS) is 18.8. The van der Waals surface area contributed by atoms with Gasteiger partial charge in [-0.1, -0.05) is 30.9 Å². The van der Waals surface area contributed by atoms with E-state index in [0.29, 0.717) is 24.6 Å². The summed E-state index contributed by atoms with van der Waals surface area (Å²) in [4.78, 5) is 28.7. The fourth-order valence-corrected chi connectivity index (χ4v) is 4.10. The first-order valence-electron chi connectivity index (χ1n) is 10.7. The summed E-state index contributed by atoms with van der Waals surface area (Å²) in [6.45, 7) is 8.78. The molecule has 0 bridgehead atoms. The highest BCUT2D eigenvalue weighted by atomic mass is 16.2. The summed E-state index contributed by atoms with van der Waals surface area (Å²) in [6.07, 6.45) is 8.78. The van der Waals surface area contributed by atoms with Gasteiger partial charge in [0.15, 0.2) is 5.69 Å². The predicted octanol–water partition coefficient (Wildman–Crippen LogP) is 1.53. The minimum absolute atomic E-state index is 0.0785. The molecule has 8 heteroatoms. The Kier molecular flexibility index (Phi) is 7.42. The van der Waals surface area contributed by atoms with Crippen LogP contribution >= 0.6 is 0 Å². The number of carbonyl (C=O) groups excluding carboxylic acids is 2. The molecule has 1 saturated carbocycles. The molecule has 0 aromatic carbocycles. The van der Waals surface area contributed by atoms with Crippen molar-refractivity contribution >= 4 is 11.8 Å². The largest absolute Gasteiger partial charge is 0.348 e. The summed E-state index contributed by atoms with van der Waals surface area (Å²) < 4.78 is 1.72. The summed E-state index contributed by atoms with van der Waals surface area (Å²) in [5.41, 5.74) is 0.353. The highest BCUT2D eigenvalue weighted by molar-refractivity contribution is 5.91. The maximum Gasteiger partial charge on any atom is 0.273 e. The maximum absolute atomic E-state index is 12.4. The standard InChI is InChI=1S/C20H34N6O2/c1-16(2)21-20(28)18-15-26(23-22-18)14-11-24-9-12-25(13-10-24)19(27)8-7-17-5-3-4-6-17/h15-17H,3-14H2,1-2H3,(H,21,28). The molecule has 1 aliphatic carbocycles. The summed E-state index contributed by atoms with van der Waals surface area (Å²) in [7, 11) is 0. The molecule has 8 nitrogen and oxygen atoms in total. The van der Waals surface area contributed by atoms with Gasteiger partial charge in [0.1, 0.15) is 0 Å². The Hall–Kier alpha value is -1.96. The molecule has 1 saturated heterocycles. The molecule has 0 spiro atoms. The number of carbonyl (C=O) groups is 2. The van der Waals surface area contributed by atoms with Gasteiger partial charge in [0.05, 0.1) is 12.7 Å². The summed E-state index contributed by atoms with van der Waals surface area (Å²) >= 11 is 0. The minimum atomic E-state index is -0.189. The van der Waals surface area contributed by atoms with E-state index in [-0.39, 0.29) is 11.9 Å². The van der Waals surface area contributed by atoms with Crippen LogP contribution in [0.1, 0.15) is 62.9 Å². The first-order chi connectivity index (χ1) is 13.5. The van der Waals surface area contributed by atoms with Crippen molar-refractivity contribution in [2.75, 3.05) is 32.7 Å². The second kappa shape index (κ2) is 10.0. The number of nitrogens with zero attached hydrogens (tertiary/aromatic N) is 5. The van der Waals surface area contributed by atoms with Crippen LogP contribution in [0.2, 0.25) is 0 Å². The van der Waals surface area contributed by atoms with Gasteiger partial charge in [0.2, 0.25) is 5.91 Å². The van der Waals surface area contributed by atoms with Gasteiger partial charge in [-0.3, -0.25) is 19.2 Å². The van der Waals surface area contributed by atoms with Gasteiger partial charge < -0.3 is 10.2 Å². The van der Waals surface area contributed by atoms with Crippen LogP contribution in [0.4, 0.5) is 0 Å². The number of aromatic nitrogens is 3. The monoisotopic (exact) mass is 390 g/mol. The Morgan fingerprint density at radius 1 is 1.14 bits per heavy atom. The van der Waals surface area contributed by atoms with Gasteiger partial charge in [-0.25, -0.2) is 0 Å². The van der Waals surface area contributed by atoms with Crippen LogP contribution in [0.25, 0.3) is 0 Å². The van der Waals surface area contributed by atoms with E-state index in [2.05, 4.69) is 20.5 Å². The van der Waals surface area contributed by atoms with E-state index in [4.69, 9.17) is 0 Å². The molecule has 0 radical (unpaired) electrons. The highest BCUT2D eigenvalue weighted by Gasteiger charge is 2.23. The van der Waals surface area contributed by atoms with E-state index in [9.17, 15) is 9.59 Å². The van der Waals surface area contributed by atoms with Crippen LogP contribution < -0.4 is 5.32 Å². The van der Waals surface area contributed by atoms with E-state index in [1.165, 1.54) is 25.7 Å². The topological polar surface area (TPSA) is 83.4 Å². The molecular weight excluding hydrogens is 356 g/mol. The first-order valence-corrected chi connectivity index (χ1v) is 10.7. The van der Waals surface area contributed by atoms with Gasteiger partial charge in [0, 0.05) is 45.2 Å². The minimum Gasteiger partial charge on any atom is -0.348 e. The molecule has 1 N–H and O–H groups in total. The Balaban J connectivity index is 1.34. The molecule has 2 amide bonds. The van der Waals surface area contributed by atoms with E-state index in [0.717, 1.165) is 45.1 Å². The van der Waals surface area contributed by atoms with Crippen LogP contribution in [-0.4, -0.2) is 75.4 Å². The van der Waals surface area contributed by atoms with Crippen molar-refractivity contribution in [1.29, 1.82) is 0 Å². The quantitative estimate of drug-likeness (QED) is 0.728. The van der Waals surface area contributed by atoms with Gasteiger partial charge in [-0.2, -0.15) is 0 Å². The summed E-state index contributed by atoms with van der Waals surface area (Å²) in [5, 5.41) is 10.8. The van der Waals surface area contributed by atoms with Crippen LogP contribution in [0, 0.1) is 5.92 Å². The van der Waals surface area contributed by atoms with Crippen molar-refractivity contribution in [2.45, 2.75) is 65.0 Å². The number of nitrogens with one attached hydrogen (secondary N) is 1. The summed E-state index contributed by atoms with van der Waals surface area (Å²) in [6, 6.07) is 0.0785. The zero-order valence-corrected chi connectivity index (χ0v) is 17.3. The molecule has 156 valence electrons. The molecule has 1 aromatic heterocycles. The van der Waals surface area contributed by atoms with Crippen molar-refractivity contribution in [3.05, 3.63) is 11.9 Å². The fourth-order valence-electron chi connectivity index (χ4n) is 4.10.